The molecule has 0 atom stereocenters. The summed E-state index contributed by atoms with van der Waals surface area (Å²) in [5.41, 5.74) is 3.41. The van der Waals surface area contributed by atoms with Crippen LogP contribution in [0.25, 0.3) is 0 Å². The predicted octanol–water partition coefficient (Wildman–Crippen LogP) is 2.19. The summed E-state index contributed by atoms with van der Waals surface area (Å²) in [7, 11) is 1.52. The number of aryl methyl sites for hydroxylation is 2. The van der Waals surface area contributed by atoms with Crippen LogP contribution in [-0.2, 0) is 12.8 Å². The number of rotatable bonds is 2. The Hall–Kier alpha value is -1.51. The van der Waals surface area contributed by atoms with E-state index in [1.807, 2.05) is 13.0 Å². The Balaban J connectivity index is 2.71. The van der Waals surface area contributed by atoms with E-state index in [4.69, 9.17) is 4.74 Å². The standard InChI is InChI=1S/C12H14O3/c1-7-6-8-4-3-5-9(8)10(12(13)14)11(7)15-2/h6H,3-5H2,1-2H3,(H,13,14). The molecule has 0 radical (unpaired) electrons. The van der Waals surface area contributed by atoms with Gasteiger partial charge in [-0.05, 0) is 42.9 Å². The smallest absolute Gasteiger partial charge is 0.339 e. The highest BCUT2D eigenvalue weighted by atomic mass is 16.5. The highest BCUT2D eigenvalue weighted by Crippen LogP contribution is 2.34. The fraction of sp³-hybridized carbons (Fsp3) is 0.417. The fourth-order valence-electron chi connectivity index (χ4n) is 2.36. The molecule has 0 fully saturated rings. The van der Waals surface area contributed by atoms with Gasteiger partial charge in [-0.3, -0.25) is 0 Å². The number of aromatic carboxylic acids is 1. The zero-order valence-corrected chi connectivity index (χ0v) is 8.96. The number of methoxy groups -OCH3 is 1. The maximum atomic E-state index is 11.2. The van der Waals surface area contributed by atoms with Crippen molar-refractivity contribution < 1.29 is 14.6 Å². The van der Waals surface area contributed by atoms with Crippen LogP contribution in [0.5, 0.6) is 5.75 Å². The van der Waals surface area contributed by atoms with Crippen LogP contribution in [0.4, 0.5) is 0 Å². The Morgan fingerprint density at radius 3 is 2.80 bits per heavy atom. The van der Waals surface area contributed by atoms with Crippen molar-refractivity contribution in [1.82, 2.24) is 0 Å². The first kappa shape index (κ1) is 10.0. The summed E-state index contributed by atoms with van der Waals surface area (Å²) in [5.74, 6) is -0.364. The lowest BCUT2D eigenvalue weighted by atomic mass is 9.98. The Kier molecular flexibility index (Phi) is 2.39. The van der Waals surface area contributed by atoms with Crippen LogP contribution in [0.1, 0.15) is 33.5 Å². The van der Waals surface area contributed by atoms with Crippen molar-refractivity contribution in [3.05, 3.63) is 28.3 Å². The molecule has 15 heavy (non-hydrogen) atoms. The third-order valence-electron chi connectivity index (χ3n) is 2.96. The first-order chi connectivity index (χ1) is 7.15. The third-order valence-corrected chi connectivity index (χ3v) is 2.96. The Morgan fingerprint density at radius 2 is 2.20 bits per heavy atom. The molecular formula is C12H14O3. The van der Waals surface area contributed by atoms with Gasteiger partial charge in [0.1, 0.15) is 11.3 Å². The van der Waals surface area contributed by atoms with E-state index in [1.54, 1.807) is 0 Å². The van der Waals surface area contributed by atoms with Crippen LogP contribution in [0.2, 0.25) is 0 Å². The maximum Gasteiger partial charge on any atom is 0.339 e. The molecule has 1 aromatic carbocycles. The van der Waals surface area contributed by atoms with Crippen LogP contribution in [-0.4, -0.2) is 18.2 Å². The second kappa shape index (κ2) is 3.57. The zero-order valence-electron chi connectivity index (χ0n) is 8.96. The number of ether oxygens (including phenoxy) is 1. The number of carboxylic acids is 1. The molecule has 1 aliphatic rings. The summed E-state index contributed by atoms with van der Waals surface area (Å²) in [6.07, 6.45) is 2.89. The fourth-order valence-corrected chi connectivity index (χ4v) is 2.36. The Morgan fingerprint density at radius 1 is 1.47 bits per heavy atom. The molecule has 1 aliphatic carbocycles. The molecule has 3 nitrogen and oxygen atoms in total. The van der Waals surface area contributed by atoms with Crippen LogP contribution < -0.4 is 4.74 Å². The number of fused-ring (bicyclic) bond motifs is 1. The Bertz CT molecular complexity index is 418. The van der Waals surface area contributed by atoms with Crippen molar-refractivity contribution >= 4 is 5.97 Å². The molecule has 0 saturated heterocycles. The molecule has 80 valence electrons. The molecule has 0 spiro atoms. The average Bonchev–Trinajstić information content (AvgIpc) is 2.62. The van der Waals surface area contributed by atoms with E-state index < -0.39 is 5.97 Å². The van der Waals surface area contributed by atoms with Crippen molar-refractivity contribution in [3.63, 3.8) is 0 Å². The molecule has 0 bridgehead atoms. The minimum Gasteiger partial charge on any atom is -0.496 e. The molecule has 0 heterocycles. The molecule has 0 aliphatic heterocycles. The minimum atomic E-state index is -0.881. The second-order valence-electron chi connectivity index (χ2n) is 3.90. The van der Waals surface area contributed by atoms with E-state index in [0.29, 0.717) is 11.3 Å². The van der Waals surface area contributed by atoms with E-state index in [9.17, 15) is 9.90 Å². The van der Waals surface area contributed by atoms with Gasteiger partial charge in [-0.25, -0.2) is 4.79 Å². The van der Waals surface area contributed by atoms with Crippen LogP contribution in [0.3, 0.4) is 0 Å². The minimum absolute atomic E-state index is 0.366. The molecule has 0 amide bonds. The molecule has 0 saturated carbocycles. The van der Waals surface area contributed by atoms with Crippen LogP contribution in [0, 0.1) is 6.92 Å². The van der Waals surface area contributed by atoms with Gasteiger partial charge in [-0.2, -0.15) is 0 Å². The quantitative estimate of drug-likeness (QED) is 0.806. The average molecular weight is 206 g/mol. The van der Waals surface area contributed by atoms with Gasteiger partial charge < -0.3 is 9.84 Å². The van der Waals surface area contributed by atoms with Gasteiger partial charge >= 0.3 is 5.97 Å². The molecule has 1 N–H and O–H groups in total. The summed E-state index contributed by atoms with van der Waals surface area (Å²) in [6.45, 7) is 1.89. The van der Waals surface area contributed by atoms with Gasteiger partial charge in [-0.1, -0.05) is 6.07 Å². The number of hydrogen-bond acceptors (Lipinski definition) is 2. The van der Waals surface area contributed by atoms with Crippen molar-refractivity contribution in [2.24, 2.45) is 0 Å². The predicted molar refractivity (Wildman–Crippen MR) is 56.7 cm³/mol. The summed E-state index contributed by atoms with van der Waals surface area (Å²) in [5, 5.41) is 9.21. The highest BCUT2D eigenvalue weighted by Gasteiger charge is 2.24. The van der Waals surface area contributed by atoms with Gasteiger partial charge in [0, 0.05) is 0 Å². The second-order valence-corrected chi connectivity index (χ2v) is 3.90. The van der Waals surface area contributed by atoms with Gasteiger partial charge in [0.25, 0.3) is 0 Å². The molecule has 0 unspecified atom stereocenters. The summed E-state index contributed by atoms with van der Waals surface area (Å²) in [4.78, 5) is 11.2. The van der Waals surface area contributed by atoms with Gasteiger partial charge in [0.05, 0.1) is 7.11 Å². The first-order valence-corrected chi connectivity index (χ1v) is 5.07. The first-order valence-electron chi connectivity index (χ1n) is 5.07. The van der Waals surface area contributed by atoms with Crippen molar-refractivity contribution in [2.45, 2.75) is 26.2 Å². The van der Waals surface area contributed by atoms with E-state index in [2.05, 4.69) is 0 Å². The summed E-state index contributed by atoms with van der Waals surface area (Å²) in [6, 6.07) is 2.05. The number of carboxylic acid groups (broad SMARTS) is 1. The van der Waals surface area contributed by atoms with E-state index >= 15 is 0 Å². The largest absolute Gasteiger partial charge is 0.496 e. The van der Waals surface area contributed by atoms with Crippen molar-refractivity contribution in [2.75, 3.05) is 7.11 Å². The zero-order chi connectivity index (χ0) is 11.0. The van der Waals surface area contributed by atoms with Crippen LogP contribution in [0.15, 0.2) is 6.07 Å². The van der Waals surface area contributed by atoms with E-state index in [0.717, 1.165) is 30.4 Å². The lowest BCUT2D eigenvalue weighted by Gasteiger charge is -2.13. The highest BCUT2D eigenvalue weighted by molar-refractivity contribution is 5.94. The van der Waals surface area contributed by atoms with Crippen molar-refractivity contribution in [1.29, 1.82) is 0 Å². The van der Waals surface area contributed by atoms with Gasteiger partial charge in [0.2, 0.25) is 0 Å². The van der Waals surface area contributed by atoms with E-state index in [-0.39, 0.29) is 0 Å². The van der Waals surface area contributed by atoms with E-state index in [1.165, 1.54) is 12.7 Å². The summed E-state index contributed by atoms with van der Waals surface area (Å²) < 4.78 is 5.18. The van der Waals surface area contributed by atoms with Crippen molar-refractivity contribution in [3.8, 4) is 5.75 Å². The number of hydrogen-bond donors (Lipinski definition) is 1. The monoisotopic (exact) mass is 206 g/mol. The molecule has 2 rings (SSSR count). The summed E-state index contributed by atoms with van der Waals surface area (Å²) >= 11 is 0. The lowest BCUT2D eigenvalue weighted by Crippen LogP contribution is -2.07. The van der Waals surface area contributed by atoms with Gasteiger partial charge in [0.15, 0.2) is 0 Å². The topological polar surface area (TPSA) is 46.5 Å². The normalized spacial score (nSPS) is 13.7. The third kappa shape index (κ3) is 1.48. The van der Waals surface area contributed by atoms with Gasteiger partial charge in [-0.15, -0.1) is 0 Å². The number of carbonyl (C=O) groups is 1. The van der Waals surface area contributed by atoms with Crippen LogP contribution >= 0.6 is 0 Å². The molecular weight excluding hydrogens is 192 g/mol. The number of benzene rings is 1. The molecule has 1 aromatic rings. The Labute approximate surface area is 88.7 Å². The molecule has 3 heteroatoms. The SMILES string of the molecule is COc1c(C)cc2c(c1C(=O)O)CCC2. The maximum absolute atomic E-state index is 11.2. The lowest BCUT2D eigenvalue weighted by molar-refractivity contribution is 0.0692. The molecule has 0 aromatic heterocycles.